The number of aryl methyl sites for hydroxylation is 1. The van der Waals surface area contributed by atoms with Crippen molar-refractivity contribution in [2.75, 3.05) is 12.8 Å². The summed E-state index contributed by atoms with van der Waals surface area (Å²) >= 11 is 0. The van der Waals surface area contributed by atoms with Crippen LogP contribution >= 0.6 is 0 Å². The Balaban J connectivity index is 2.15. The van der Waals surface area contributed by atoms with E-state index < -0.39 is 0 Å². The lowest BCUT2D eigenvalue weighted by Gasteiger charge is -2.02. The third-order valence-electron chi connectivity index (χ3n) is 2.63. The maximum absolute atomic E-state index is 11.1. The standard InChI is InChI=1S/C13H15N3O2/c1-18-12(17)8-7-10-9-16(13(14)15-10)11-5-3-2-4-6-11/h2-6,9H,7-8H2,1H3,(H2,14,15). The van der Waals surface area contributed by atoms with Crippen molar-refractivity contribution in [2.45, 2.75) is 12.8 Å². The summed E-state index contributed by atoms with van der Waals surface area (Å²) in [6.45, 7) is 0. The summed E-state index contributed by atoms with van der Waals surface area (Å²) in [4.78, 5) is 15.3. The highest BCUT2D eigenvalue weighted by molar-refractivity contribution is 5.69. The van der Waals surface area contributed by atoms with Crippen molar-refractivity contribution in [1.29, 1.82) is 0 Å². The van der Waals surface area contributed by atoms with Gasteiger partial charge in [-0.2, -0.15) is 0 Å². The molecule has 0 saturated heterocycles. The first-order chi connectivity index (χ1) is 8.70. The number of benzene rings is 1. The largest absolute Gasteiger partial charge is 0.469 e. The zero-order valence-corrected chi connectivity index (χ0v) is 10.2. The first kappa shape index (κ1) is 12.2. The minimum absolute atomic E-state index is 0.247. The van der Waals surface area contributed by atoms with E-state index >= 15 is 0 Å². The molecule has 0 aliphatic heterocycles. The van der Waals surface area contributed by atoms with Gasteiger partial charge in [0, 0.05) is 18.3 Å². The number of nitrogens with zero attached hydrogens (tertiary/aromatic N) is 2. The molecule has 5 nitrogen and oxygen atoms in total. The van der Waals surface area contributed by atoms with Crippen LogP contribution in [0.2, 0.25) is 0 Å². The zero-order chi connectivity index (χ0) is 13.0. The van der Waals surface area contributed by atoms with Gasteiger partial charge in [0.25, 0.3) is 0 Å². The van der Waals surface area contributed by atoms with E-state index in [1.165, 1.54) is 7.11 Å². The first-order valence-corrected chi connectivity index (χ1v) is 5.66. The number of carbonyl (C=O) groups excluding carboxylic acids is 1. The Kier molecular flexibility index (Phi) is 3.62. The number of rotatable bonds is 4. The third-order valence-corrected chi connectivity index (χ3v) is 2.63. The van der Waals surface area contributed by atoms with E-state index in [1.807, 2.05) is 36.5 Å². The van der Waals surface area contributed by atoms with Crippen LogP contribution in [0.25, 0.3) is 5.69 Å². The monoisotopic (exact) mass is 245 g/mol. The topological polar surface area (TPSA) is 70.1 Å². The Morgan fingerprint density at radius 2 is 2.11 bits per heavy atom. The molecule has 1 aromatic carbocycles. The Hall–Kier alpha value is -2.30. The second-order valence-electron chi connectivity index (χ2n) is 3.87. The summed E-state index contributed by atoms with van der Waals surface area (Å²) in [6, 6.07) is 9.70. The van der Waals surface area contributed by atoms with Gasteiger partial charge < -0.3 is 10.5 Å². The molecule has 94 valence electrons. The average Bonchev–Trinajstić information content (AvgIpc) is 2.78. The summed E-state index contributed by atoms with van der Waals surface area (Å²) in [5.74, 6) is 0.170. The summed E-state index contributed by atoms with van der Waals surface area (Å²) in [5, 5.41) is 0. The van der Waals surface area contributed by atoms with E-state index in [0.29, 0.717) is 18.8 Å². The van der Waals surface area contributed by atoms with E-state index in [2.05, 4.69) is 9.72 Å². The number of imidazole rings is 1. The van der Waals surface area contributed by atoms with Crippen LogP contribution in [0.5, 0.6) is 0 Å². The Bertz CT molecular complexity index is 534. The van der Waals surface area contributed by atoms with Crippen molar-refractivity contribution in [3.05, 3.63) is 42.2 Å². The number of nitrogen functional groups attached to an aromatic ring is 1. The van der Waals surface area contributed by atoms with Gasteiger partial charge in [-0.1, -0.05) is 18.2 Å². The van der Waals surface area contributed by atoms with Gasteiger partial charge in [0.15, 0.2) is 0 Å². The van der Waals surface area contributed by atoms with Gasteiger partial charge in [-0.15, -0.1) is 0 Å². The molecule has 0 amide bonds. The van der Waals surface area contributed by atoms with E-state index in [-0.39, 0.29) is 5.97 Å². The molecular formula is C13H15N3O2. The van der Waals surface area contributed by atoms with Crippen molar-refractivity contribution in [3.63, 3.8) is 0 Å². The van der Waals surface area contributed by atoms with Gasteiger partial charge >= 0.3 is 5.97 Å². The highest BCUT2D eigenvalue weighted by atomic mass is 16.5. The molecule has 1 aromatic heterocycles. The molecule has 2 rings (SSSR count). The van der Waals surface area contributed by atoms with Gasteiger partial charge in [-0.3, -0.25) is 9.36 Å². The molecule has 0 bridgehead atoms. The molecule has 2 N–H and O–H groups in total. The fourth-order valence-corrected chi connectivity index (χ4v) is 1.69. The van der Waals surface area contributed by atoms with Gasteiger partial charge in [-0.05, 0) is 12.1 Å². The SMILES string of the molecule is COC(=O)CCc1cn(-c2ccccc2)c(N)n1. The third kappa shape index (κ3) is 2.68. The van der Waals surface area contributed by atoms with E-state index in [4.69, 9.17) is 5.73 Å². The van der Waals surface area contributed by atoms with Gasteiger partial charge in [0.2, 0.25) is 5.95 Å². The van der Waals surface area contributed by atoms with Crippen molar-refractivity contribution in [1.82, 2.24) is 9.55 Å². The molecule has 0 fully saturated rings. The molecule has 0 unspecified atom stereocenters. The van der Waals surface area contributed by atoms with Crippen LogP contribution in [0.4, 0.5) is 5.95 Å². The number of esters is 1. The number of anilines is 1. The maximum Gasteiger partial charge on any atom is 0.305 e. The van der Waals surface area contributed by atoms with Crippen LogP contribution in [0.1, 0.15) is 12.1 Å². The Morgan fingerprint density at radius 3 is 2.78 bits per heavy atom. The first-order valence-electron chi connectivity index (χ1n) is 5.66. The number of hydrogen-bond donors (Lipinski definition) is 1. The summed E-state index contributed by atoms with van der Waals surface area (Å²) in [7, 11) is 1.37. The number of nitrogens with two attached hydrogens (primary N) is 1. The van der Waals surface area contributed by atoms with Crippen molar-refractivity contribution in [2.24, 2.45) is 0 Å². The number of ether oxygens (including phenoxy) is 1. The second-order valence-corrected chi connectivity index (χ2v) is 3.87. The maximum atomic E-state index is 11.1. The number of hydrogen-bond acceptors (Lipinski definition) is 4. The highest BCUT2D eigenvalue weighted by Crippen LogP contribution is 2.15. The molecule has 1 heterocycles. The molecule has 0 aliphatic rings. The minimum Gasteiger partial charge on any atom is -0.469 e. The second kappa shape index (κ2) is 5.35. The van der Waals surface area contributed by atoms with Crippen LogP contribution in [0.15, 0.2) is 36.5 Å². The predicted molar refractivity (Wildman–Crippen MR) is 68.3 cm³/mol. The zero-order valence-electron chi connectivity index (χ0n) is 10.2. The van der Waals surface area contributed by atoms with Gasteiger partial charge in [-0.25, -0.2) is 4.98 Å². The fourth-order valence-electron chi connectivity index (χ4n) is 1.69. The van der Waals surface area contributed by atoms with Gasteiger partial charge in [0.05, 0.1) is 19.2 Å². The summed E-state index contributed by atoms with van der Waals surface area (Å²) in [6.07, 6.45) is 2.67. The van der Waals surface area contributed by atoms with Crippen LogP contribution in [0, 0.1) is 0 Å². The van der Waals surface area contributed by atoms with Gasteiger partial charge in [0.1, 0.15) is 0 Å². The smallest absolute Gasteiger partial charge is 0.305 e. The van der Waals surface area contributed by atoms with Crippen molar-refractivity contribution < 1.29 is 9.53 Å². The van der Waals surface area contributed by atoms with E-state index in [9.17, 15) is 4.79 Å². The predicted octanol–water partition coefficient (Wildman–Crippen LogP) is 1.56. The lowest BCUT2D eigenvalue weighted by Crippen LogP contribution is -2.02. The van der Waals surface area contributed by atoms with Crippen LogP contribution in [0.3, 0.4) is 0 Å². The number of aromatic nitrogens is 2. The molecule has 2 aromatic rings. The fraction of sp³-hybridized carbons (Fsp3) is 0.231. The lowest BCUT2D eigenvalue weighted by atomic mass is 10.2. The van der Waals surface area contributed by atoms with Crippen LogP contribution in [-0.4, -0.2) is 22.6 Å². The molecule has 0 aliphatic carbocycles. The molecule has 0 atom stereocenters. The molecular weight excluding hydrogens is 230 g/mol. The quantitative estimate of drug-likeness (QED) is 0.830. The molecule has 18 heavy (non-hydrogen) atoms. The number of para-hydroxylation sites is 1. The van der Waals surface area contributed by atoms with Crippen molar-refractivity contribution >= 4 is 11.9 Å². The molecule has 5 heteroatoms. The van der Waals surface area contributed by atoms with E-state index in [0.717, 1.165) is 11.4 Å². The van der Waals surface area contributed by atoms with Crippen molar-refractivity contribution in [3.8, 4) is 5.69 Å². The van der Waals surface area contributed by atoms with Crippen LogP contribution < -0.4 is 5.73 Å². The van der Waals surface area contributed by atoms with Crippen LogP contribution in [-0.2, 0) is 16.0 Å². The number of carbonyl (C=O) groups is 1. The normalized spacial score (nSPS) is 10.3. The highest BCUT2D eigenvalue weighted by Gasteiger charge is 2.08. The minimum atomic E-state index is -0.247. The summed E-state index contributed by atoms with van der Waals surface area (Å²) in [5.41, 5.74) is 7.58. The molecule has 0 radical (unpaired) electrons. The summed E-state index contributed by atoms with van der Waals surface area (Å²) < 4.78 is 6.39. The Morgan fingerprint density at radius 1 is 1.39 bits per heavy atom. The van der Waals surface area contributed by atoms with E-state index in [1.54, 1.807) is 4.57 Å². The molecule has 0 spiro atoms. The average molecular weight is 245 g/mol. The lowest BCUT2D eigenvalue weighted by molar-refractivity contribution is -0.140. The Labute approximate surface area is 105 Å². The number of methoxy groups -OCH3 is 1. The molecule has 0 saturated carbocycles.